The molecule has 0 fully saturated rings. The van der Waals surface area contributed by atoms with Gasteiger partial charge in [0.2, 0.25) is 5.82 Å². The van der Waals surface area contributed by atoms with E-state index >= 15 is 0 Å². The van der Waals surface area contributed by atoms with Crippen molar-refractivity contribution in [3.63, 3.8) is 0 Å². The summed E-state index contributed by atoms with van der Waals surface area (Å²) in [6, 6.07) is 13.5. The molecule has 1 unspecified atom stereocenters. The summed E-state index contributed by atoms with van der Waals surface area (Å²) in [5.41, 5.74) is 6.18. The molecule has 1 amide bonds. The summed E-state index contributed by atoms with van der Waals surface area (Å²) in [5.74, 6) is 1.88. The number of aromatic nitrogens is 4. The molecule has 0 spiro atoms. The SMILES string of the molecule is CC(NC(=O)c1nc2cc3[nH][nH]c(C4=CCC(=C=O)CC4)c3cc2n1)c1ccccc1. The number of aromatic amines is 2. The molecule has 0 bridgehead atoms. The molecule has 2 aromatic heterocycles. The lowest BCUT2D eigenvalue weighted by atomic mass is 9.92. The average molecular weight is 411 g/mol. The Labute approximate surface area is 178 Å². The second-order valence-electron chi connectivity index (χ2n) is 7.80. The molecule has 7 heteroatoms. The molecule has 4 aromatic rings. The summed E-state index contributed by atoms with van der Waals surface area (Å²) in [4.78, 5) is 32.5. The zero-order chi connectivity index (χ0) is 21.4. The van der Waals surface area contributed by atoms with E-state index < -0.39 is 0 Å². The molecule has 2 aromatic carbocycles. The Morgan fingerprint density at radius 1 is 1.10 bits per heavy atom. The van der Waals surface area contributed by atoms with Crippen LogP contribution in [0.1, 0.15) is 54.1 Å². The van der Waals surface area contributed by atoms with Crippen LogP contribution in [0.25, 0.3) is 27.5 Å². The molecule has 7 nitrogen and oxygen atoms in total. The fourth-order valence-corrected chi connectivity index (χ4v) is 4.01. The third-order valence-corrected chi connectivity index (χ3v) is 5.77. The standard InChI is InChI=1S/C24H21N5O2/c1-14(16-5-3-2-4-6-16)25-24(31)23-26-20-11-18-19(12-21(20)27-23)28-29-22(18)17-9-7-15(13-30)8-10-17/h2-6,9,11-12,14,28-29H,7-8,10H2,1H3,(H,25,31). The predicted molar refractivity (Wildman–Crippen MR) is 119 cm³/mol. The van der Waals surface area contributed by atoms with E-state index in [1.807, 2.05) is 55.3 Å². The summed E-state index contributed by atoms with van der Waals surface area (Å²) in [7, 11) is 0. The van der Waals surface area contributed by atoms with Crippen molar-refractivity contribution in [1.29, 1.82) is 0 Å². The van der Waals surface area contributed by atoms with Gasteiger partial charge in [-0.15, -0.1) is 0 Å². The van der Waals surface area contributed by atoms with Crippen molar-refractivity contribution in [3.05, 3.63) is 71.2 Å². The molecule has 1 atom stereocenters. The maximum absolute atomic E-state index is 12.7. The minimum Gasteiger partial charge on any atom is -0.343 e. The van der Waals surface area contributed by atoms with Gasteiger partial charge in [0.15, 0.2) is 0 Å². The summed E-state index contributed by atoms with van der Waals surface area (Å²) < 4.78 is 0. The van der Waals surface area contributed by atoms with E-state index in [2.05, 4.69) is 31.6 Å². The van der Waals surface area contributed by atoms with Crippen molar-refractivity contribution in [1.82, 2.24) is 25.5 Å². The zero-order valence-electron chi connectivity index (χ0n) is 17.0. The monoisotopic (exact) mass is 411 g/mol. The highest BCUT2D eigenvalue weighted by Crippen LogP contribution is 2.33. The van der Waals surface area contributed by atoms with Crippen LogP contribution in [0.5, 0.6) is 0 Å². The van der Waals surface area contributed by atoms with Gasteiger partial charge in [0.1, 0.15) is 5.94 Å². The highest BCUT2D eigenvalue weighted by molar-refractivity contribution is 6.01. The molecule has 3 N–H and O–H groups in total. The Balaban J connectivity index is 1.44. The van der Waals surface area contributed by atoms with Crippen LogP contribution >= 0.6 is 0 Å². The molecule has 1 aliphatic rings. The first-order valence-corrected chi connectivity index (χ1v) is 10.3. The first-order valence-electron chi connectivity index (χ1n) is 10.3. The average Bonchev–Trinajstić information content (AvgIpc) is 3.41. The second kappa shape index (κ2) is 7.70. The molecule has 0 radical (unpaired) electrons. The quantitative estimate of drug-likeness (QED) is 0.437. The summed E-state index contributed by atoms with van der Waals surface area (Å²) in [6.07, 6.45) is 4.19. The van der Waals surface area contributed by atoms with E-state index in [1.54, 1.807) is 0 Å². The summed E-state index contributed by atoms with van der Waals surface area (Å²) in [6.45, 7) is 1.93. The molecular weight excluding hydrogens is 390 g/mol. The Kier molecular flexibility index (Phi) is 4.73. The second-order valence-corrected chi connectivity index (χ2v) is 7.80. The molecule has 2 heterocycles. The fourth-order valence-electron chi connectivity index (χ4n) is 4.01. The van der Waals surface area contributed by atoms with Crippen LogP contribution in [-0.2, 0) is 4.79 Å². The van der Waals surface area contributed by atoms with Gasteiger partial charge in [-0.1, -0.05) is 36.4 Å². The minimum absolute atomic E-state index is 0.144. The number of nitrogens with one attached hydrogen (secondary N) is 3. The maximum Gasteiger partial charge on any atom is 0.289 e. The Morgan fingerprint density at radius 3 is 2.58 bits per heavy atom. The smallest absolute Gasteiger partial charge is 0.289 e. The molecule has 31 heavy (non-hydrogen) atoms. The van der Waals surface area contributed by atoms with Crippen LogP contribution in [0.2, 0.25) is 0 Å². The van der Waals surface area contributed by atoms with Crippen LogP contribution in [0.4, 0.5) is 0 Å². The normalized spacial score (nSPS) is 15.0. The Bertz CT molecular complexity index is 1370. The largest absolute Gasteiger partial charge is 0.343 e. The molecule has 154 valence electrons. The molecule has 5 rings (SSSR count). The number of allylic oxidation sites excluding steroid dienone is 3. The van der Waals surface area contributed by atoms with E-state index in [0.717, 1.165) is 46.1 Å². The van der Waals surface area contributed by atoms with E-state index in [1.165, 1.54) is 0 Å². The topological polar surface area (TPSA) is 104 Å². The van der Waals surface area contributed by atoms with Gasteiger partial charge in [-0.2, -0.15) is 0 Å². The van der Waals surface area contributed by atoms with E-state index in [4.69, 9.17) is 0 Å². The first-order chi connectivity index (χ1) is 15.1. The van der Waals surface area contributed by atoms with Gasteiger partial charge < -0.3 is 10.4 Å². The van der Waals surface area contributed by atoms with Gasteiger partial charge in [0, 0.05) is 11.0 Å². The molecular formula is C24H21N5O2. The van der Waals surface area contributed by atoms with Crippen LogP contribution in [0.15, 0.2) is 54.1 Å². The van der Waals surface area contributed by atoms with Gasteiger partial charge in [-0.25, -0.2) is 14.8 Å². The highest BCUT2D eigenvalue weighted by Gasteiger charge is 2.19. The Morgan fingerprint density at radius 2 is 1.87 bits per heavy atom. The van der Waals surface area contributed by atoms with Gasteiger partial charge in [0.05, 0.1) is 28.3 Å². The lowest BCUT2D eigenvalue weighted by molar-refractivity contribution is 0.0930. The van der Waals surface area contributed by atoms with Crippen molar-refractivity contribution in [2.75, 3.05) is 0 Å². The van der Waals surface area contributed by atoms with Crippen LogP contribution in [-0.4, -0.2) is 32.0 Å². The van der Waals surface area contributed by atoms with E-state index in [0.29, 0.717) is 17.5 Å². The van der Waals surface area contributed by atoms with Crippen molar-refractivity contribution < 1.29 is 9.59 Å². The minimum atomic E-state index is -0.300. The lowest BCUT2D eigenvalue weighted by Crippen LogP contribution is -2.27. The number of imidazole rings is 1. The van der Waals surface area contributed by atoms with Gasteiger partial charge in [-0.05, 0) is 49.5 Å². The fraction of sp³-hybridized carbons (Fsp3) is 0.208. The predicted octanol–water partition coefficient (Wildman–Crippen LogP) is 4.26. The Hall–Kier alpha value is -3.96. The summed E-state index contributed by atoms with van der Waals surface area (Å²) in [5, 5.41) is 10.4. The lowest BCUT2D eigenvalue weighted by Gasteiger charge is -2.12. The van der Waals surface area contributed by atoms with Crippen LogP contribution in [0, 0.1) is 0 Å². The summed E-state index contributed by atoms with van der Waals surface area (Å²) >= 11 is 0. The number of benzene rings is 2. The number of carbonyl (C=O) groups excluding carboxylic acids is 2. The number of H-pyrrole nitrogens is 2. The van der Waals surface area contributed by atoms with Crippen molar-refractivity contribution >= 4 is 39.4 Å². The number of nitrogens with zero attached hydrogens (tertiary/aromatic N) is 2. The van der Waals surface area contributed by atoms with Crippen LogP contribution in [0.3, 0.4) is 0 Å². The molecule has 0 aliphatic heterocycles. The van der Waals surface area contributed by atoms with Crippen molar-refractivity contribution in [2.24, 2.45) is 0 Å². The highest BCUT2D eigenvalue weighted by atomic mass is 16.2. The van der Waals surface area contributed by atoms with Crippen LogP contribution < -0.4 is 5.32 Å². The van der Waals surface area contributed by atoms with Crippen molar-refractivity contribution in [2.45, 2.75) is 32.2 Å². The van der Waals surface area contributed by atoms with Crippen molar-refractivity contribution in [3.8, 4) is 0 Å². The third-order valence-electron chi connectivity index (χ3n) is 5.77. The number of amides is 1. The first kappa shape index (κ1) is 19.0. The number of hydrogen-bond donors (Lipinski definition) is 3. The number of fused-ring (bicyclic) bond motifs is 2. The maximum atomic E-state index is 12.7. The number of carbonyl (C=O) groups is 1. The van der Waals surface area contributed by atoms with Gasteiger partial charge in [-0.3, -0.25) is 9.89 Å². The van der Waals surface area contributed by atoms with Gasteiger partial charge in [0.25, 0.3) is 5.91 Å². The van der Waals surface area contributed by atoms with E-state index in [-0.39, 0.29) is 17.8 Å². The van der Waals surface area contributed by atoms with Gasteiger partial charge >= 0.3 is 0 Å². The molecule has 0 saturated carbocycles. The molecule has 0 saturated heterocycles. The third kappa shape index (κ3) is 3.56. The number of hydrogen-bond acceptors (Lipinski definition) is 4. The number of rotatable bonds is 4. The molecule has 1 aliphatic carbocycles. The zero-order valence-corrected chi connectivity index (χ0v) is 17.0. The van der Waals surface area contributed by atoms with E-state index in [9.17, 15) is 9.59 Å².